The number of rotatable bonds is 3. The molecular formula is C12H20N2O. The maximum Gasteiger partial charge on any atom is 0.0672 e. The van der Waals surface area contributed by atoms with Gasteiger partial charge in [0.1, 0.15) is 0 Å². The van der Waals surface area contributed by atoms with Crippen molar-refractivity contribution in [1.29, 1.82) is 5.26 Å². The van der Waals surface area contributed by atoms with Crippen molar-refractivity contribution >= 4 is 0 Å². The van der Waals surface area contributed by atoms with Crippen LogP contribution in [-0.4, -0.2) is 25.8 Å². The minimum absolute atomic E-state index is 0.254. The molecule has 2 rings (SSSR count). The molecule has 84 valence electrons. The second-order valence-corrected chi connectivity index (χ2v) is 4.74. The van der Waals surface area contributed by atoms with Crippen LogP contribution in [0.3, 0.4) is 0 Å². The van der Waals surface area contributed by atoms with Gasteiger partial charge in [-0.1, -0.05) is 6.42 Å². The van der Waals surface area contributed by atoms with Crippen LogP contribution in [0.1, 0.15) is 32.1 Å². The zero-order valence-corrected chi connectivity index (χ0v) is 9.24. The topological polar surface area (TPSA) is 45.0 Å². The normalized spacial score (nSPS) is 32.7. The first-order valence-corrected chi connectivity index (χ1v) is 6.11. The summed E-state index contributed by atoms with van der Waals surface area (Å²) in [6.45, 7) is 2.91. The van der Waals surface area contributed by atoms with Crippen molar-refractivity contribution in [3.05, 3.63) is 0 Å². The highest BCUT2D eigenvalue weighted by Gasteiger charge is 2.27. The van der Waals surface area contributed by atoms with Crippen LogP contribution in [0.5, 0.6) is 0 Å². The predicted molar refractivity (Wildman–Crippen MR) is 58.3 cm³/mol. The Labute approximate surface area is 91.8 Å². The summed E-state index contributed by atoms with van der Waals surface area (Å²) in [5, 5.41) is 12.5. The molecule has 0 bridgehead atoms. The minimum Gasteiger partial charge on any atom is -0.381 e. The van der Waals surface area contributed by atoms with Gasteiger partial charge in [-0.25, -0.2) is 0 Å². The molecule has 15 heavy (non-hydrogen) atoms. The maximum atomic E-state index is 8.96. The van der Waals surface area contributed by atoms with Crippen molar-refractivity contribution in [3.8, 4) is 6.07 Å². The smallest absolute Gasteiger partial charge is 0.0672 e. The van der Waals surface area contributed by atoms with Gasteiger partial charge in [-0.2, -0.15) is 5.26 Å². The third-order valence-corrected chi connectivity index (χ3v) is 3.69. The molecule has 3 heteroatoms. The molecule has 0 aromatic heterocycles. The van der Waals surface area contributed by atoms with Crippen molar-refractivity contribution in [1.82, 2.24) is 5.32 Å². The summed E-state index contributed by atoms with van der Waals surface area (Å²) in [5.74, 6) is 1.02. The number of hydrogen-bond acceptors (Lipinski definition) is 3. The van der Waals surface area contributed by atoms with E-state index < -0.39 is 0 Å². The average Bonchev–Trinajstić information content (AvgIpc) is 2.75. The number of ether oxygens (including phenoxy) is 1. The van der Waals surface area contributed by atoms with E-state index in [0.29, 0.717) is 6.04 Å². The average molecular weight is 208 g/mol. The van der Waals surface area contributed by atoms with E-state index in [0.717, 1.165) is 32.1 Å². The fraction of sp³-hybridized carbons (Fsp3) is 0.917. The van der Waals surface area contributed by atoms with E-state index in [1.54, 1.807) is 0 Å². The number of nitriles is 1. The number of nitrogens with zero attached hydrogens (tertiary/aromatic N) is 1. The lowest BCUT2D eigenvalue weighted by atomic mass is 9.99. The third-order valence-electron chi connectivity index (χ3n) is 3.69. The van der Waals surface area contributed by atoms with Gasteiger partial charge in [0.15, 0.2) is 0 Å². The molecular weight excluding hydrogens is 188 g/mol. The van der Waals surface area contributed by atoms with Crippen LogP contribution >= 0.6 is 0 Å². The summed E-state index contributed by atoms with van der Waals surface area (Å²) in [5.41, 5.74) is 0. The Morgan fingerprint density at radius 1 is 1.20 bits per heavy atom. The van der Waals surface area contributed by atoms with Crippen molar-refractivity contribution in [2.24, 2.45) is 11.8 Å². The summed E-state index contributed by atoms with van der Waals surface area (Å²) in [7, 11) is 0. The van der Waals surface area contributed by atoms with Crippen molar-refractivity contribution < 1.29 is 4.74 Å². The Balaban J connectivity index is 1.70. The lowest BCUT2D eigenvalue weighted by molar-refractivity contribution is 0.0652. The summed E-state index contributed by atoms with van der Waals surface area (Å²) in [6, 6.07) is 2.87. The Morgan fingerprint density at radius 2 is 2.00 bits per heavy atom. The van der Waals surface area contributed by atoms with E-state index >= 15 is 0 Å². The van der Waals surface area contributed by atoms with Crippen molar-refractivity contribution in [2.45, 2.75) is 38.1 Å². The molecule has 2 aliphatic rings. The Morgan fingerprint density at radius 3 is 2.73 bits per heavy atom. The fourth-order valence-electron chi connectivity index (χ4n) is 2.63. The largest absolute Gasteiger partial charge is 0.381 e. The lowest BCUT2D eigenvalue weighted by Crippen LogP contribution is -2.37. The van der Waals surface area contributed by atoms with Gasteiger partial charge < -0.3 is 10.1 Å². The van der Waals surface area contributed by atoms with E-state index in [2.05, 4.69) is 11.4 Å². The molecule has 2 atom stereocenters. The van der Waals surface area contributed by atoms with Crippen LogP contribution in [0.2, 0.25) is 0 Å². The zero-order chi connectivity index (χ0) is 10.5. The van der Waals surface area contributed by atoms with E-state index in [9.17, 15) is 0 Å². The van der Waals surface area contributed by atoms with E-state index in [4.69, 9.17) is 10.00 Å². The van der Waals surface area contributed by atoms with Gasteiger partial charge in [0, 0.05) is 19.3 Å². The predicted octanol–water partition coefficient (Wildman–Crippen LogP) is 1.69. The SMILES string of the molecule is N#CC1CCCC1NCC1CCOCC1. The number of hydrogen-bond donors (Lipinski definition) is 1. The first-order chi connectivity index (χ1) is 7.40. The minimum atomic E-state index is 0.254. The zero-order valence-electron chi connectivity index (χ0n) is 9.24. The molecule has 1 N–H and O–H groups in total. The van der Waals surface area contributed by atoms with Crippen molar-refractivity contribution in [2.75, 3.05) is 19.8 Å². The molecule has 1 aliphatic heterocycles. The Bertz CT molecular complexity index is 230. The van der Waals surface area contributed by atoms with Crippen LogP contribution in [0, 0.1) is 23.2 Å². The highest BCUT2D eigenvalue weighted by atomic mass is 16.5. The molecule has 3 nitrogen and oxygen atoms in total. The molecule has 0 aromatic rings. The molecule has 0 aromatic carbocycles. The van der Waals surface area contributed by atoms with E-state index in [1.807, 2.05) is 0 Å². The molecule has 1 saturated carbocycles. The van der Waals surface area contributed by atoms with Crippen LogP contribution in [0.4, 0.5) is 0 Å². The quantitative estimate of drug-likeness (QED) is 0.767. The van der Waals surface area contributed by atoms with Crippen LogP contribution in [0.25, 0.3) is 0 Å². The third kappa shape index (κ3) is 2.93. The molecule has 1 aliphatic carbocycles. The highest BCUT2D eigenvalue weighted by molar-refractivity contribution is 4.96. The van der Waals surface area contributed by atoms with Gasteiger partial charge in [0.05, 0.1) is 12.0 Å². The van der Waals surface area contributed by atoms with Gasteiger partial charge in [0.25, 0.3) is 0 Å². The van der Waals surface area contributed by atoms with Crippen molar-refractivity contribution in [3.63, 3.8) is 0 Å². The van der Waals surface area contributed by atoms with Gasteiger partial charge in [-0.3, -0.25) is 0 Å². The van der Waals surface area contributed by atoms with Gasteiger partial charge in [0.2, 0.25) is 0 Å². The van der Waals surface area contributed by atoms with Gasteiger partial charge in [-0.05, 0) is 38.1 Å². The Kier molecular flexibility index (Phi) is 3.99. The molecule has 2 unspecified atom stereocenters. The Hall–Kier alpha value is -0.590. The second-order valence-electron chi connectivity index (χ2n) is 4.74. The molecule has 0 amide bonds. The molecule has 0 radical (unpaired) electrons. The lowest BCUT2D eigenvalue weighted by Gasteiger charge is -2.25. The molecule has 1 heterocycles. The fourth-order valence-corrected chi connectivity index (χ4v) is 2.63. The van der Waals surface area contributed by atoms with Crippen LogP contribution < -0.4 is 5.32 Å². The van der Waals surface area contributed by atoms with Gasteiger partial charge >= 0.3 is 0 Å². The molecule has 1 saturated heterocycles. The molecule has 0 spiro atoms. The second kappa shape index (κ2) is 5.48. The summed E-state index contributed by atoms with van der Waals surface area (Å²) in [4.78, 5) is 0. The first-order valence-electron chi connectivity index (χ1n) is 6.11. The summed E-state index contributed by atoms with van der Waals surface area (Å²) < 4.78 is 5.33. The summed E-state index contributed by atoms with van der Waals surface area (Å²) in [6.07, 6.45) is 5.83. The van der Waals surface area contributed by atoms with E-state index in [1.165, 1.54) is 25.7 Å². The standard InChI is InChI=1S/C12H20N2O/c13-8-11-2-1-3-12(11)14-9-10-4-6-15-7-5-10/h10-12,14H,1-7,9H2. The number of nitrogens with one attached hydrogen (secondary N) is 1. The van der Waals surface area contributed by atoms with E-state index in [-0.39, 0.29) is 5.92 Å². The molecule has 2 fully saturated rings. The van der Waals surface area contributed by atoms with Crippen LogP contribution in [0.15, 0.2) is 0 Å². The first kappa shape index (κ1) is 10.9. The highest BCUT2D eigenvalue weighted by Crippen LogP contribution is 2.25. The van der Waals surface area contributed by atoms with Gasteiger partial charge in [-0.15, -0.1) is 0 Å². The van der Waals surface area contributed by atoms with Crippen LogP contribution in [-0.2, 0) is 4.74 Å². The monoisotopic (exact) mass is 208 g/mol. The summed E-state index contributed by atoms with van der Waals surface area (Å²) >= 11 is 0. The maximum absolute atomic E-state index is 8.96.